The Morgan fingerprint density at radius 1 is 1.09 bits per heavy atom. The van der Waals surface area contributed by atoms with E-state index in [0.717, 1.165) is 33.1 Å². The zero-order valence-electron chi connectivity index (χ0n) is 18.7. The summed E-state index contributed by atoms with van der Waals surface area (Å²) in [4.78, 5) is 28.9. The van der Waals surface area contributed by atoms with Gasteiger partial charge in [-0.1, -0.05) is 23.7 Å². The summed E-state index contributed by atoms with van der Waals surface area (Å²) in [6.07, 6.45) is 0.410. The summed E-state index contributed by atoms with van der Waals surface area (Å²) in [6, 6.07) is 13.2. The van der Waals surface area contributed by atoms with Gasteiger partial charge in [-0.05, 0) is 63.1 Å². The van der Waals surface area contributed by atoms with E-state index in [0.29, 0.717) is 28.5 Å². The molecule has 0 aliphatic heterocycles. The first-order valence-corrected chi connectivity index (χ1v) is 11.1. The molecule has 0 saturated carbocycles. The summed E-state index contributed by atoms with van der Waals surface area (Å²) in [6.45, 7) is 6.04. The van der Waals surface area contributed by atoms with Crippen molar-refractivity contribution in [3.05, 3.63) is 80.3 Å². The van der Waals surface area contributed by atoms with E-state index in [1.807, 2.05) is 56.3 Å². The number of hydrogen-bond donors (Lipinski definition) is 0. The number of carbonyl (C=O) groups excluding carboxylic acids is 1. The maximum atomic E-state index is 12.6. The Morgan fingerprint density at radius 2 is 1.88 bits per heavy atom. The Morgan fingerprint density at radius 3 is 2.67 bits per heavy atom. The Balaban J connectivity index is 1.58. The van der Waals surface area contributed by atoms with E-state index in [-0.39, 0.29) is 25.4 Å². The van der Waals surface area contributed by atoms with Gasteiger partial charge in [0.1, 0.15) is 17.9 Å². The van der Waals surface area contributed by atoms with Crippen molar-refractivity contribution >= 4 is 39.4 Å². The van der Waals surface area contributed by atoms with E-state index in [1.54, 1.807) is 6.92 Å². The molecule has 0 fully saturated rings. The minimum absolute atomic E-state index is 0.134. The fourth-order valence-corrected chi connectivity index (χ4v) is 4.01. The number of carbonyl (C=O) groups is 1. The molecule has 0 unspecified atom stereocenters. The molecule has 0 atom stereocenters. The summed E-state index contributed by atoms with van der Waals surface area (Å²) in [5, 5.41) is 2.45. The topological polar surface area (TPSA) is 78.6 Å². The molecule has 0 spiro atoms. The molecule has 170 valence electrons. The van der Waals surface area contributed by atoms with Gasteiger partial charge in [0, 0.05) is 33.3 Å². The standard InChI is InChI=1S/C26H24ClNO5/c1-4-31-24(29)12-10-21-15(2)20-9-11-23(16(3)25(20)33-26(21)30)32-14-19-8-6-17-5-7-18(27)13-22(17)28-19/h5-9,11,13H,4,10,12,14H2,1-3H3. The Bertz CT molecular complexity index is 1410. The van der Waals surface area contributed by atoms with Crippen molar-refractivity contribution in [3.8, 4) is 5.75 Å². The second kappa shape index (κ2) is 9.63. The van der Waals surface area contributed by atoms with Crippen molar-refractivity contribution < 1.29 is 18.7 Å². The first-order valence-electron chi connectivity index (χ1n) is 10.8. The molecule has 0 N–H and O–H groups in total. The van der Waals surface area contributed by atoms with E-state index in [4.69, 9.17) is 25.5 Å². The molecule has 33 heavy (non-hydrogen) atoms. The van der Waals surface area contributed by atoms with Crippen LogP contribution in [0.25, 0.3) is 21.9 Å². The van der Waals surface area contributed by atoms with Crippen molar-refractivity contribution in [2.45, 2.75) is 40.2 Å². The largest absolute Gasteiger partial charge is 0.487 e. The lowest BCUT2D eigenvalue weighted by Gasteiger charge is -2.13. The van der Waals surface area contributed by atoms with Crippen molar-refractivity contribution in [1.82, 2.24) is 4.98 Å². The van der Waals surface area contributed by atoms with E-state index in [9.17, 15) is 9.59 Å². The third kappa shape index (κ3) is 4.86. The average molecular weight is 466 g/mol. The van der Waals surface area contributed by atoms with Crippen LogP contribution >= 0.6 is 11.6 Å². The fourth-order valence-electron chi connectivity index (χ4n) is 3.84. The SMILES string of the molecule is CCOC(=O)CCc1c(C)c2ccc(OCc3ccc4ccc(Cl)cc4n3)c(C)c2oc1=O. The molecule has 0 aliphatic rings. The van der Waals surface area contributed by atoms with Crippen LogP contribution in [0.5, 0.6) is 5.75 Å². The van der Waals surface area contributed by atoms with Crippen LogP contribution in [-0.4, -0.2) is 17.6 Å². The summed E-state index contributed by atoms with van der Waals surface area (Å²) in [5.41, 5.74) is 3.61. The number of aromatic nitrogens is 1. The Hall–Kier alpha value is -3.38. The lowest BCUT2D eigenvalue weighted by atomic mass is 10.0. The van der Waals surface area contributed by atoms with Crippen molar-refractivity contribution in [2.75, 3.05) is 6.61 Å². The quantitative estimate of drug-likeness (QED) is 0.258. The molecule has 4 aromatic rings. The van der Waals surface area contributed by atoms with Crippen molar-refractivity contribution in [1.29, 1.82) is 0 Å². The second-order valence-corrected chi connectivity index (χ2v) is 8.23. The Labute approximate surface area is 196 Å². The number of benzene rings is 2. The smallest absolute Gasteiger partial charge is 0.339 e. The zero-order valence-corrected chi connectivity index (χ0v) is 19.5. The number of nitrogens with zero attached hydrogens (tertiary/aromatic N) is 1. The van der Waals surface area contributed by atoms with Gasteiger partial charge in [-0.25, -0.2) is 9.78 Å². The zero-order chi connectivity index (χ0) is 23.5. The molecule has 0 saturated heterocycles. The second-order valence-electron chi connectivity index (χ2n) is 7.79. The number of hydrogen-bond acceptors (Lipinski definition) is 6. The highest BCUT2D eigenvalue weighted by Gasteiger charge is 2.16. The van der Waals surface area contributed by atoms with Crippen LogP contribution in [0.1, 0.15) is 35.7 Å². The lowest BCUT2D eigenvalue weighted by Crippen LogP contribution is -2.14. The predicted molar refractivity (Wildman–Crippen MR) is 128 cm³/mol. The highest BCUT2D eigenvalue weighted by Crippen LogP contribution is 2.30. The number of pyridine rings is 1. The first-order chi connectivity index (χ1) is 15.9. The summed E-state index contributed by atoms with van der Waals surface area (Å²) in [7, 11) is 0. The van der Waals surface area contributed by atoms with Gasteiger partial charge in [-0.2, -0.15) is 0 Å². The molecular weight excluding hydrogens is 442 g/mol. The van der Waals surface area contributed by atoms with Gasteiger partial charge >= 0.3 is 11.6 Å². The van der Waals surface area contributed by atoms with Gasteiger partial charge in [0.05, 0.1) is 17.8 Å². The molecule has 4 rings (SSSR count). The fraction of sp³-hybridized carbons (Fsp3) is 0.269. The van der Waals surface area contributed by atoms with E-state index in [2.05, 4.69) is 4.98 Å². The molecular formula is C26H24ClNO5. The molecule has 0 amide bonds. The van der Waals surface area contributed by atoms with Crippen molar-refractivity contribution in [2.24, 2.45) is 0 Å². The van der Waals surface area contributed by atoms with Gasteiger partial charge in [0.2, 0.25) is 0 Å². The number of ether oxygens (including phenoxy) is 2. The van der Waals surface area contributed by atoms with Gasteiger partial charge in [-0.15, -0.1) is 0 Å². The van der Waals surface area contributed by atoms with Crippen molar-refractivity contribution in [3.63, 3.8) is 0 Å². The van der Waals surface area contributed by atoms with Crippen LogP contribution < -0.4 is 10.4 Å². The third-order valence-corrected chi connectivity index (χ3v) is 5.86. The summed E-state index contributed by atoms with van der Waals surface area (Å²) >= 11 is 6.08. The predicted octanol–water partition coefficient (Wildman–Crippen LogP) is 5.69. The van der Waals surface area contributed by atoms with E-state index < -0.39 is 5.63 Å². The van der Waals surface area contributed by atoms with Crippen LogP contribution in [0, 0.1) is 13.8 Å². The summed E-state index contributed by atoms with van der Waals surface area (Å²) in [5.74, 6) is 0.276. The molecule has 2 aromatic carbocycles. The van der Waals surface area contributed by atoms with Crippen LogP contribution in [-0.2, 0) is 22.6 Å². The normalized spacial score (nSPS) is 11.2. The molecule has 0 bridgehead atoms. The van der Waals surface area contributed by atoms with Crippen LogP contribution in [0.2, 0.25) is 5.02 Å². The van der Waals surface area contributed by atoms with Gasteiger partial charge < -0.3 is 13.9 Å². The molecule has 0 aliphatic carbocycles. The molecule has 2 aromatic heterocycles. The maximum absolute atomic E-state index is 12.6. The Kier molecular flexibility index (Phi) is 6.65. The molecule has 7 heteroatoms. The monoisotopic (exact) mass is 465 g/mol. The van der Waals surface area contributed by atoms with Gasteiger partial charge in [0.15, 0.2) is 0 Å². The van der Waals surface area contributed by atoms with E-state index in [1.165, 1.54) is 0 Å². The molecule has 2 heterocycles. The minimum Gasteiger partial charge on any atom is -0.487 e. The number of aryl methyl sites for hydroxylation is 2. The first kappa shape index (κ1) is 22.8. The third-order valence-electron chi connectivity index (χ3n) is 5.63. The number of fused-ring (bicyclic) bond motifs is 2. The lowest BCUT2D eigenvalue weighted by molar-refractivity contribution is -0.143. The highest BCUT2D eigenvalue weighted by molar-refractivity contribution is 6.31. The van der Waals surface area contributed by atoms with Crippen LogP contribution in [0.4, 0.5) is 0 Å². The number of halogens is 1. The number of esters is 1. The van der Waals surface area contributed by atoms with Gasteiger partial charge in [0.25, 0.3) is 0 Å². The molecule has 0 radical (unpaired) electrons. The highest BCUT2D eigenvalue weighted by atomic mass is 35.5. The van der Waals surface area contributed by atoms with Gasteiger partial charge in [-0.3, -0.25) is 4.79 Å². The number of rotatable bonds is 7. The van der Waals surface area contributed by atoms with E-state index >= 15 is 0 Å². The average Bonchev–Trinajstić information content (AvgIpc) is 2.79. The maximum Gasteiger partial charge on any atom is 0.339 e. The minimum atomic E-state index is -0.447. The summed E-state index contributed by atoms with van der Waals surface area (Å²) < 4.78 is 16.6. The molecule has 6 nitrogen and oxygen atoms in total. The van der Waals surface area contributed by atoms with Crippen LogP contribution in [0.3, 0.4) is 0 Å². The van der Waals surface area contributed by atoms with Crippen LogP contribution in [0.15, 0.2) is 51.7 Å².